The van der Waals surface area contributed by atoms with Crippen LogP contribution in [0.1, 0.15) is 59.0 Å². The second-order valence-electron chi connectivity index (χ2n) is 11.2. The van der Waals surface area contributed by atoms with Crippen LogP contribution in [-0.2, 0) is 37.7 Å². The van der Waals surface area contributed by atoms with Crippen molar-refractivity contribution < 1.29 is 31.2 Å². The van der Waals surface area contributed by atoms with Crippen molar-refractivity contribution in [1.82, 2.24) is 29.2 Å². The smallest absolute Gasteiger partial charge is 0.420 e. The molecular formula is C29H36N6O7S3. The van der Waals surface area contributed by atoms with E-state index in [0.29, 0.717) is 35.9 Å². The molecule has 1 saturated heterocycles. The number of fused-ring (bicyclic) bond motifs is 2. The number of benzene rings is 1. The molecule has 0 radical (unpaired) electrons. The predicted octanol–water partition coefficient (Wildman–Crippen LogP) is 2.40. The monoisotopic (exact) mass is 676 g/mol. The summed E-state index contributed by atoms with van der Waals surface area (Å²) in [5.41, 5.74) is 2.06. The van der Waals surface area contributed by atoms with Crippen LogP contribution in [0, 0.1) is 12.3 Å². The van der Waals surface area contributed by atoms with Gasteiger partial charge >= 0.3 is 6.09 Å². The number of H-pyrrole nitrogens is 1. The summed E-state index contributed by atoms with van der Waals surface area (Å²) in [5, 5.41) is 4.22. The highest BCUT2D eigenvalue weighted by Gasteiger charge is 2.39. The maximum Gasteiger partial charge on any atom is 0.420 e. The van der Waals surface area contributed by atoms with Gasteiger partial charge in [0.05, 0.1) is 18.1 Å². The van der Waals surface area contributed by atoms with Crippen LogP contribution in [-0.4, -0.2) is 92.1 Å². The maximum atomic E-state index is 13.8. The van der Waals surface area contributed by atoms with Crippen molar-refractivity contribution in [3.8, 4) is 12.3 Å². The summed E-state index contributed by atoms with van der Waals surface area (Å²) in [7, 11) is -8.20. The van der Waals surface area contributed by atoms with Crippen LogP contribution in [0.25, 0.3) is 10.9 Å². The second kappa shape index (κ2) is 13.5. The van der Waals surface area contributed by atoms with Gasteiger partial charge in [-0.25, -0.2) is 31.3 Å². The van der Waals surface area contributed by atoms with Crippen molar-refractivity contribution in [3.63, 3.8) is 0 Å². The summed E-state index contributed by atoms with van der Waals surface area (Å²) < 4.78 is 61.2. The molecule has 0 spiro atoms. The lowest BCUT2D eigenvalue weighted by atomic mass is 10.1. The first-order valence-electron chi connectivity index (χ1n) is 14.7. The SMILES string of the molecule is C#Cc1ccc2[nH]c(S(=O)(=O)N3CCN(C(=O)c4nc5c(s4)CNC(C)C5)C(CCS(=O)(=O)NC(=O)OCCCC)C3)cc2c1. The third-order valence-electron chi connectivity index (χ3n) is 7.85. The molecule has 13 nitrogen and oxygen atoms in total. The van der Waals surface area contributed by atoms with Gasteiger partial charge < -0.3 is 19.9 Å². The number of nitrogens with one attached hydrogen (secondary N) is 3. The first-order valence-corrected chi connectivity index (χ1v) is 18.6. The average molecular weight is 677 g/mol. The summed E-state index contributed by atoms with van der Waals surface area (Å²) in [6, 6.07) is 6.03. The fourth-order valence-electron chi connectivity index (χ4n) is 5.37. The Morgan fingerprint density at radius 3 is 2.78 bits per heavy atom. The molecule has 0 aliphatic carbocycles. The third kappa shape index (κ3) is 7.50. The number of hydrogen-bond acceptors (Lipinski definition) is 10. The molecule has 2 atom stereocenters. The van der Waals surface area contributed by atoms with E-state index in [4.69, 9.17) is 11.2 Å². The molecule has 2 unspecified atom stereocenters. The Hall–Kier alpha value is -3.49. The first kappa shape index (κ1) is 32.9. The average Bonchev–Trinajstić information content (AvgIpc) is 3.63. The van der Waals surface area contributed by atoms with Gasteiger partial charge in [0.1, 0.15) is 5.03 Å². The van der Waals surface area contributed by atoms with Crippen LogP contribution in [0.15, 0.2) is 29.3 Å². The zero-order valence-corrected chi connectivity index (χ0v) is 27.5. The number of rotatable bonds is 10. The molecular weight excluding hydrogens is 641 g/mol. The topological polar surface area (TPSA) is 171 Å². The molecule has 0 bridgehead atoms. The van der Waals surface area contributed by atoms with E-state index < -0.39 is 37.9 Å². The Kier molecular flexibility index (Phi) is 9.85. The quantitative estimate of drug-likeness (QED) is 0.216. The fourth-order valence-corrected chi connectivity index (χ4v) is 8.84. The number of aromatic amines is 1. The molecule has 1 fully saturated rings. The van der Waals surface area contributed by atoms with Gasteiger partial charge in [-0.3, -0.25) is 4.79 Å². The number of hydrogen-bond donors (Lipinski definition) is 3. The molecule has 1 aromatic carbocycles. The van der Waals surface area contributed by atoms with Gasteiger partial charge in [0.25, 0.3) is 15.9 Å². The number of piperazine rings is 1. The minimum atomic E-state index is -4.14. The van der Waals surface area contributed by atoms with Crippen LogP contribution in [0.3, 0.4) is 0 Å². The minimum absolute atomic E-state index is 0.00597. The number of aromatic nitrogens is 2. The number of terminal acetylenes is 1. The number of nitrogens with zero attached hydrogens (tertiary/aromatic N) is 3. The third-order valence-corrected chi connectivity index (χ3v) is 12.0. The molecule has 2 aromatic heterocycles. The van der Waals surface area contributed by atoms with Crippen molar-refractivity contribution in [2.75, 3.05) is 32.0 Å². The van der Waals surface area contributed by atoms with E-state index in [0.717, 1.165) is 17.0 Å². The van der Waals surface area contributed by atoms with Gasteiger partial charge in [-0.05, 0) is 44.0 Å². The predicted molar refractivity (Wildman–Crippen MR) is 170 cm³/mol. The lowest BCUT2D eigenvalue weighted by Crippen LogP contribution is -2.57. The van der Waals surface area contributed by atoms with Crippen LogP contribution in [0.2, 0.25) is 0 Å². The van der Waals surface area contributed by atoms with Crippen LogP contribution in [0.5, 0.6) is 0 Å². The molecule has 242 valence electrons. The number of ether oxygens (including phenoxy) is 1. The highest BCUT2D eigenvalue weighted by molar-refractivity contribution is 7.90. The molecule has 2 aliphatic rings. The first-order chi connectivity index (χ1) is 21.4. The largest absolute Gasteiger partial charge is 0.449 e. The molecule has 2 aliphatic heterocycles. The summed E-state index contributed by atoms with van der Waals surface area (Å²) in [5.74, 6) is 1.61. The summed E-state index contributed by atoms with van der Waals surface area (Å²) in [6.45, 7) is 4.49. The van der Waals surface area contributed by atoms with E-state index in [1.54, 1.807) is 18.2 Å². The van der Waals surface area contributed by atoms with E-state index in [9.17, 15) is 26.4 Å². The van der Waals surface area contributed by atoms with E-state index in [1.807, 2.05) is 18.6 Å². The summed E-state index contributed by atoms with van der Waals surface area (Å²) in [6.07, 6.45) is 6.33. The number of unbranched alkanes of at least 4 members (excludes halogenated alkanes) is 1. The van der Waals surface area contributed by atoms with Gasteiger partial charge in [-0.2, -0.15) is 4.31 Å². The molecule has 45 heavy (non-hydrogen) atoms. The van der Waals surface area contributed by atoms with Crippen molar-refractivity contribution in [1.29, 1.82) is 0 Å². The Balaban J connectivity index is 1.37. The minimum Gasteiger partial charge on any atom is -0.449 e. The lowest BCUT2D eigenvalue weighted by molar-refractivity contribution is 0.0558. The van der Waals surface area contributed by atoms with Gasteiger partial charge in [0.2, 0.25) is 10.0 Å². The Morgan fingerprint density at radius 1 is 1.22 bits per heavy atom. The van der Waals surface area contributed by atoms with Gasteiger partial charge in [0, 0.05) is 66.0 Å². The van der Waals surface area contributed by atoms with E-state index in [-0.39, 0.29) is 54.6 Å². The maximum absolute atomic E-state index is 13.8. The molecule has 2 amide bonds. The number of sulfonamides is 2. The van der Waals surface area contributed by atoms with E-state index in [1.165, 1.54) is 26.6 Å². The highest BCUT2D eigenvalue weighted by atomic mass is 32.2. The standard InChI is InChI=1S/C29H36N6O7S3/c1-4-6-12-42-29(37)33-44(38,39)13-9-22-18-34(45(40,41)26-16-21-15-20(5-2)7-8-23(21)31-26)10-11-35(22)28(36)27-32-24-14-19(3)30-17-25(24)43-27/h2,7-8,15-16,19,22,30-31H,4,6,9-14,17-18H2,1,3H3,(H,33,37). The molecule has 0 saturated carbocycles. The molecule has 16 heteroatoms. The molecule has 4 heterocycles. The van der Waals surface area contributed by atoms with Crippen molar-refractivity contribution in [3.05, 3.63) is 45.4 Å². The van der Waals surface area contributed by atoms with Crippen molar-refractivity contribution in [2.45, 2.75) is 63.2 Å². The number of thiazole rings is 1. The second-order valence-corrected chi connectivity index (χ2v) is 16.0. The Bertz CT molecular complexity index is 1840. The molecule has 5 rings (SSSR count). The van der Waals surface area contributed by atoms with Crippen molar-refractivity contribution >= 4 is 54.3 Å². The zero-order valence-electron chi connectivity index (χ0n) is 25.0. The summed E-state index contributed by atoms with van der Waals surface area (Å²) in [4.78, 5) is 35.8. The normalized spacial score (nSPS) is 19.2. The van der Waals surface area contributed by atoms with Crippen LogP contribution >= 0.6 is 11.3 Å². The molecule has 3 N–H and O–H groups in total. The highest BCUT2D eigenvalue weighted by Crippen LogP contribution is 2.29. The Labute approximate surface area is 266 Å². The number of carbonyl (C=O) groups excluding carboxylic acids is 2. The Morgan fingerprint density at radius 2 is 2.02 bits per heavy atom. The molecule has 3 aromatic rings. The fraction of sp³-hybridized carbons (Fsp3) is 0.483. The van der Waals surface area contributed by atoms with Gasteiger partial charge in [-0.1, -0.05) is 19.3 Å². The van der Waals surface area contributed by atoms with Crippen LogP contribution in [0.4, 0.5) is 4.79 Å². The lowest BCUT2D eigenvalue weighted by Gasteiger charge is -2.40. The van der Waals surface area contributed by atoms with Crippen LogP contribution < -0.4 is 10.0 Å². The number of carbonyl (C=O) groups is 2. The number of amides is 2. The van der Waals surface area contributed by atoms with Gasteiger partial charge in [-0.15, -0.1) is 17.8 Å². The van der Waals surface area contributed by atoms with Gasteiger partial charge in [0.15, 0.2) is 5.01 Å². The van der Waals surface area contributed by atoms with E-state index in [2.05, 4.69) is 21.2 Å². The van der Waals surface area contributed by atoms with Crippen molar-refractivity contribution in [2.24, 2.45) is 0 Å². The zero-order chi connectivity index (χ0) is 32.4. The summed E-state index contributed by atoms with van der Waals surface area (Å²) >= 11 is 1.28. The van der Waals surface area contributed by atoms with E-state index >= 15 is 0 Å².